The summed E-state index contributed by atoms with van der Waals surface area (Å²) in [5.41, 5.74) is 0.631. The third-order valence-electron chi connectivity index (χ3n) is 3.83. The van der Waals surface area contributed by atoms with E-state index in [2.05, 4.69) is 20.2 Å². The molecule has 122 valence electrons. The zero-order chi connectivity index (χ0) is 16.4. The zero-order valence-corrected chi connectivity index (χ0v) is 13.0. The first-order valence-electron chi connectivity index (χ1n) is 7.48. The summed E-state index contributed by atoms with van der Waals surface area (Å²) >= 11 is 0. The number of pyridine rings is 1. The summed E-state index contributed by atoms with van der Waals surface area (Å²) < 4.78 is 5.72. The lowest BCUT2D eigenvalue weighted by Crippen LogP contribution is -2.39. The van der Waals surface area contributed by atoms with Gasteiger partial charge in [-0.1, -0.05) is 6.92 Å². The normalized spacial score (nSPS) is 18.2. The van der Waals surface area contributed by atoms with Crippen molar-refractivity contribution in [1.82, 2.24) is 20.2 Å². The molecule has 9 nitrogen and oxygen atoms in total. The van der Waals surface area contributed by atoms with Crippen LogP contribution in [-0.4, -0.2) is 44.8 Å². The summed E-state index contributed by atoms with van der Waals surface area (Å²) in [6.07, 6.45) is 2.01. The summed E-state index contributed by atoms with van der Waals surface area (Å²) in [5, 5.41) is 18.4. The highest BCUT2D eigenvalue weighted by Gasteiger charge is 2.30. The zero-order valence-electron chi connectivity index (χ0n) is 13.0. The second kappa shape index (κ2) is 6.29. The molecular formula is C14H18N6O3. The van der Waals surface area contributed by atoms with Crippen LogP contribution in [0, 0.1) is 17.0 Å². The number of nitrogens with one attached hydrogen (secondary N) is 1. The number of nitro groups is 1. The van der Waals surface area contributed by atoms with Gasteiger partial charge in [-0.25, -0.2) is 9.97 Å². The van der Waals surface area contributed by atoms with Gasteiger partial charge in [-0.3, -0.25) is 15.2 Å². The molecule has 0 bridgehead atoms. The number of ether oxygens (including phenoxy) is 1. The molecule has 1 saturated heterocycles. The molecule has 1 aliphatic heterocycles. The van der Waals surface area contributed by atoms with Crippen molar-refractivity contribution in [2.24, 2.45) is 0 Å². The van der Waals surface area contributed by atoms with Crippen molar-refractivity contribution in [3.05, 3.63) is 39.6 Å². The van der Waals surface area contributed by atoms with Crippen molar-refractivity contribution in [1.29, 1.82) is 0 Å². The summed E-state index contributed by atoms with van der Waals surface area (Å²) in [6.45, 7) is 5.10. The van der Waals surface area contributed by atoms with Gasteiger partial charge < -0.3 is 9.64 Å². The Morgan fingerprint density at radius 2 is 2.39 bits per heavy atom. The number of rotatable bonds is 4. The molecule has 1 aliphatic rings. The van der Waals surface area contributed by atoms with Crippen LogP contribution in [0.2, 0.25) is 0 Å². The van der Waals surface area contributed by atoms with Crippen LogP contribution in [0.1, 0.15) is 30.2 Å². The number of anilines is 1. The fourth-order valence-electron chi connectivity index (χ4n) is 2.60. The van der Waals surface area contributed by atoms with Crippen molar-refractivity contribution in [3.8, 4) is 0 Å². The molecule has 0 amide bonds. The Hall–Kier alpha value is -2.55. The van der Waals surface area contributed by atoms with Crippen LogP contribution in [0.15, 0.2) is 12.3 Å². The Bertz CT molecular complexity index is 716. The highest BCUT2D eigenvalue weighted by Crippen LogP contribution is 2.32. The van der Waals surface area contributed by atoms with E-state index in [0.29, 0.717) is 36.9 Å². The van der Waals surface area contributed by atoms with E-state index >= 15 is 0 Å². The SMILES string of the molecule is CCc1nc(C2CN(c3nccc(C)c3[N+](=O)[O-])CCO2)n[nH]1. The van der Waals surface area contributed by atoms with Gasteiger partial charge in [-0.2, -0.15) is 5.10 Å². The minimum atomic E-state index is -0.385. The van der Waals surface area contributed by atoms with E-state index in [-0.39, 0.29) is 16.7 Å². The highest BCUT2D eigenvalue weighted by molar-refractivity contribution is 5.61. The first kappa shape index (κ1) is 15.3. The largest absolute Gasteiger partial charge is 0.366 e. The molecule has 2 aromatic rings. The fourth-order valence-corrected chi connectivity index (χ4v) is 2.60. The van der Waals surface area contributed by atoms with Crippen LogP contribution < -0.4 is 4.90 Å². The van der Waals surface area contributed by atoms with Gasteiger partial charge >= 0.3 is 5.69 Å². The molecule has 23 heavy (non-hydrogen) atoms. The average Bonchev–Trinajstić information content (AvgIpc) is 3.03. The van der Waals surface area contributed by atoms with Crippen molar-refractivity contribution >= 4 is 11.5 Å². The maximum absolute atomic E-state index is 11.4. The smallest absolute Gasteiger partial charge is 0.314 e. The second-order valence-electron chi connectivity index (χ2n) is 5.36. The third-order valence-corrected chi connectivity index (χ3v) is 3.83. The lowest BCUT2D eigenvalue weighted by atomic mass is 10.2. The van der Waals surface area contributed by atoms with E-state index in [1.54, 1.807) is 19.2 Å². The third kappa shape index (κ3) is 3.00. The molecule has 9 heteroatoms. The van der Waals surface area contributed by atoms with Crippen molar-refractivity contribution in [2.75, 3.05) is 24.6 Å². The van der Waals surface area contributed by atoms with Gasteiger partial charge in [-0.15, -0.1) is 0 Å². The molecule has 0 saturated carbocycles. The van der Waals surface area contributed by atoms with Gasteiger partial charge in [0.05, 0.1) is 18.1 Å². The Morgan fingerprint density at radius 3 is 3.09 bits per heavy atom. The van der Waals surface area contributed by atoms with E-state index in [0.717, 1.165) is 12.2 Å². The minimum absolute atomic E-state index is 0.0392. The molecular weight excluding hydrogens is 300 g/mol. The molecule has 0 aromatic carbocycles. The first-order chi connectivity index (χ1) is 11.1. The number of H-pyrrole nitrogens is 1. The molecule has 1 atom stereocenters. The van der Waals surface area contributed by atoms with Gasteiger partial charge in [0.2, 0.25) is 5.82 Å². The van der Waals surface area contributed by atoms with Crippen molar-refractivity contribution in [2.45, 2.75) is 26.4 Å². The number of hydrogen-bond donors (Lipinski definition) is 1. The van der Waals surface area contributed by atoms with E-state index in [1.165, 1.54) is 0 Å². The van der Waals surface area contributed by atoms with E-state index in [1.807, 2.05) is 11.8 Å². The molecule has 3 rings (SSSR count). The standard InChI is InChI=1S/C14H18N6O3/c1-3-11-16-13(18-17-11)10-8-19(6-7-23-10)14-12(20(21)22)9(2)4-5-15-14/h4-5,10H,3,6-8H2,1-2H3,(H,16,17,18). The Labute approximate surface area is 132 Å². The number of morpholine rings is 1. The van der Waals surface area contributed by atoms with Gasteiger partial charge in [0, 0.05) is 24.7 Å². The number of nitrogens with zero attached hydrogens (tertiary/aromatic N) is 5. The highest BCUT2D eigenvalue weighted by atomic mass is 16.6. The molecule has 0 radical (unpaired) electrons. The van der Waals surface area contributed by atoms with E-state index in [4.69, 9.17) is 4.74 Å². The first-order valence-corrected chi connectivity index (χ1v) is 7.48. The monoisotopic (exact) mass is 318 g/mol. The van der Waals surface area contributed by atoms with E-state index in [9.17, 15) is 10.1 Å². The predicted octanol–water partition coefficient (Wildman–Crippen LogP) is 1.56. The quantitative estimate of drug-likeness (QED) is 0.672. The number of aryl methyl sites for hydroxylation is 2. The lowest BCUT2D eigenvalue weighted by Gasteiger charge is -2.32. The molecule has 1 N–H and O–H groups in total. The second-order valence-corrected chi connectivity index (χ2v) is 5.36. The number of hydrogen-bond acceptors (Lipinski definition) is 7. The predicted molar refractivity (Wildman–Crippen MR) is 82.3 cm³/mol. The maximum atomic E-state index is 11.4. The summed E-state index contributed by atoms with van der Waals surface area (Å²) in [6, 6.07) is 1.64. The Balaban J connectivity index is 1.87. The fraction of sp³-hybridized carbons (Fsp3) is 0.500. The number of aromatic nitrogens is 4. The average molecular weight is 318 g/mol. The van der Waals surface area contributed by atoms with Crippen LogP contribution >= 0.6 is 0 Å². The van der Waals surface area contributed by atoms with Crippen LogP contribution in [0.3, 0.4) is 0 Å². The van der Waals surface area contributed by atoms with Gasteiger partial charge in [-0.05, 0) is 13.0 Å². The lowest BCUT2D eigenvalue weighted by molar-refractivity contribution is -0.384. The van der Waals surface area contributed by atoms with Crippen LogP contribution in [0.25, 0.3) is 0 Å². The van der Waals surface area contributed by atoms with Crippen molar-refractivity contribution in [3.63, 3.8) is 0 Å². The summed E-state index contributed by atoms with van der Waals surface area (Å²) in [5.74, 6) is 1.73. The summed E-state index contributed by atoms with van der Waals surface area (Å²) in [4.78, 5) is 21.4. The minimum Gasteiger partial charge on any atom is -0.366 e. The molecule has 1 fully saturated rings. The number of aromatic amines is 1. The van der Waals surface area contributed by atoms with Gasteiger partial charge in [0.25, 0.3) is 0 Å². The Morgan fingerprint density at radius 1 is 1.57 bits per heavy atom. The topological polar surface area (TPSA) is 110 Å². The van der Waals surface area contributed by atoms with Crippen LogP contribution in [0.4, 0.5) is 11.5 Å². The van der Waals surface area contributed by atoms with Gasteiger partial charge in [0.1, 0.15) is 11.9 Å². The van der Waals surface area contributed by atoms with Crippen molar-refractivity contribution < 1.29 is 9.66 Å². The molecule has 2 aromatic heterocycles. The maximum Gasteiger partial charge on any atom is 0.314 e. The molecule has 3 heterocycles. The molecule has 1 unspecified atom stereocenters. The van der Waals surface area contributed by atoms with Gasteiger partial charge in [0.15, 0.2) is 5.82 Å². The van der Waals surface area contributed by atoms with Crippen LogP contribution in [0.5, 0.6) is 0 Å². The van der Waals surface area contributed by atoms with Crippen LogP contribution in [-0.2, 0) is 11.2 Å². The van der Waals surface area contributed by atoms with E-state index < -0.39 is 0 Å². The molecule has 0 aliphatic carbocycles. The summed E-state index contributed by atoms with van der Waals surface area (Å²) in [7, 11) is 0. The Kier molecular flexibility index (Phi) is 4.20. The molecule has 0 spiro atoms.